The van der Waals surface area contributed by atoms with Crippen molar-refractivity contribution in [3.63, 3.8) is 0 Å². The second-order valence-electron chi connectivity index (χ2n) is 6.06. The third kappa shape index (κ3) is 3.37. The summed E-state index contributed by atoms with van der Waals surface area (Å²) in [6.07, 6.45) is 3.75. The number of aliphatic carboxylic acids is 1. The number of nitrogens with one attached hydrogen (secondary N) is 1. The Bertz CT molecular complexity index is 907. The maximum Gasteiger partial charge on any atom is 0.344 e. The van der Waals surface area contributed by atoms with Crippen molar-refractivity contribution in [2.45, 2.75) is 25.6 Å². The van der Waals surface area contributed by atoms with E-state index in [4.69, 9.17) is 14.6 Å². The number of rotatable bonds is 5. The number of carboxylic acid groups (broad SMARTS) is 1. The summed E-state index contributed by atoms with van der Waals surface area (Å²) < 4.78 is 11.3. The average Bonchev–Trinajstić information content (AvgIpc) is 3.21. The van der Waals surface area contributed by atoms with Crippen molar-refractivity contribution >= 4 is 5.97 Å². The smallest absolute Gasteiger partial charge is 0.344 e. The highest BCUT2D eigenvalue weighted by atomic mass is 16.5. The number of hydrogen-bond acceptors (Lipinski definition) is 5. The highest BCUT2D eigenvalue weighted by molar-refractivity contribution is 5.73. The van der Waals surface area contributed by atoms with Gasteiger partial charge in [0.1, 0.15) is 18.1 Å². The molecule has 3 heterocycles. The summed E-state index contributed by atoms with van der Waals surface area (Å²) in [5, 5.41) is 15.9. The number of aryl methyl sites for hydroxylation is 1. The molecule has 132 valence electrons. The molecule has 1 aromatic carbocycles. The SMILES string of the molecule is O=C(O)C1CCc2ccc(COc3ccc(-c4ccn[nH]4)nc3)cc2O1. The topological polar surface area (TPSA) is 97.3 Å². The Kier molecular flexibility index (Phi) is 4.27. The number of fused-ring (bicyclic) bond motifs is 1. The van der Waals surface area contributed by atoms with E-state index in [0.29, 0.717) is 30.9 Å². The minimum Gasteiger partial charge on any atom is -0.487 e. The molecule has 1 aliphatic heterocycles. The highest BCUT2D eigenvalue weighted by Gasteiger charge is 2.25. The molecule has 0 aliphatic carbocycles. The number of carboxylic acids is 1. The number of aromatic amines is 1. The summed E-state index contributed by atoms with van der Waals surface area (Å²) in [6, 6.07) is 11.3. The molecule has 1 atom stereocenters. The molecule has 1 unspecified atom stereocenters. The van der Waals surface area contributed by atoms with Crippen LogP contribution in [0.1, 0.15) is 17.5 Å². The van der Waals surface area contributed by atoms with Gasteiger partial charge in [-0.3, -0.25) is 10.1 Å². The van der Waals surface area contributed by atoms with Crippen LogP contribution in [0, 0.1) is 0 Å². The zero-order valence-electron chi connectivity index (χ0n) is 13.9. The third-order valence-electron chi connectivity index (χ3n) is 4.27. The van der Waals surface area contributed by atoms with E-state index < -0.39 is 12.1 Å². The summed E-state index contributed by atoms with van der Waals surface area (Å²) in [6.45, 7) is 0.347. The maximum atomic E-state index is 11.1. The molecule has 0 bridgehead atoms. The number of aromatic nitrogens is 3. The lowest BCUT2D eigenvalue weighted by molar-refractivity contribution is -0.145. The molecule has 0 radical (unpaired) electrons. The quantitative estimate of drug-likeness (QED) is 0.734. The monoisotopic (exact) mass is 351 g/mol. The first kappa shape index (κ1) is 16.1. The van der Waals surface area contributed by atoms with Crippen LogP contribution in [0.25, 0.3) is 11.4 Å². The number of nitrogens with zero attached hydrogens (tertiary/aromatic N) is 2. The molecule has 7 nitrogen and oxygen atoms in total. The van der Waals surface area contributed by atoms with Crippen molar-refractivity contribution in [1.29, 1.82) is 0 Å². The van der Waals surface area contributed by atoms with Gasteiger partial charge in [0.2, 0.25) is 0 Å². The van der Waals surface area contributed by atoms with Gasteiger partial charge in [0, 0.05) is 6.20 Å². The molecule has 2 aromatic heterocycles. The first-order valence-electron chi connectivity index (χ1n) is 8.29. The fraction of sp³-hybridized carbons (Fsp3) is 0.211. The lowest BCUT2D eigenvalue weighted by Crippen LogP contribution is -2.30. The Labute approximate surface area is 149 Å². The molecular formula is C19H17N3O4. The van der Waals surface area contributed by atoms with Crippen LogP contribution in [-0.4, -0.2) is 32.4 Å². The summed E-state index contributed by atoms with van der Waals surface area (Å²) >= 11 is 0. The second kappa shape index (κ2) is 6.87. The Hall–Kier alpha value is -3.35. The summed E-state index contributed by atoms with van der Waals surface area (Å²) in [4.78, 5) is 15.5. The molecule has 0 saturated heterocycles. The third-order valence-corrected chi connectivity index (χ3v) is 4.27. The van der Waals surface area contributed by atoms with E-state index in [2.05, 4.69) is 15.2 Å². The van der Waals surface area contributed by atoms with Crippen molar-refractivity contribution in [3.05, 3.63) is 59.9 Å². The molecule has 0 spiro atoms. The number of H-pyrrole nitrogens is 1. The molecule has 1 aliphatic rings. The number of benzene rings is 1. The molecule has 3 aromatic rings. The molecular weight excluding hydrogens is 334 g/mol. The number of hydrogen-bond donors (Lipinski definition) is 2. The maximum absolute atomic E-state index is 11.1. The fourth-order valence-electron chi connectivity index (χ4n) is 2.87. The highest BCUT2D eigenvalue weighted by Crippen LogP contribution is 2.29. The lowest BCUT2D eigenvalue weighted by Gasteiger charge is -2.23. The average molecular weight is 351 g/mol. The van der Waals surface area contributed by atoms with Crippen LogP contribution in [0.15, 0.2) is 48.8 Å². The van der Waals surface area contributed by atoms with Crippen molar-refractivity contribution in [3.8, 4) is 22.9 Å². The van der Waals surface area contributed by atoms with Gasteiger partial charge in [-0.15, -0.1) is 0 Å². The van der Waals surface area contributed by atoms with E-state index in [1.807, 2.05) is 36.4 Å². The van der Waals surface area contributed by atoms with Gasteiger partial charge < -0.3 is 14.6 Å². The number of ether oxygens (including phenoxy) is 2. The predicted octanol–water partition coefficient (Wildman–Crippen LogP) is 2.83. The Morgan fingerprint density at radius 2 is 2.23 bits per heavy atom. The Balaban J connectivity index is 1.42. The van der Waals surface area contributed by atoms with E-state index in [9.17, 15) is 4.79 Å². The molecule has 0 saturated carbocycles. The second-order valence-corrected chi connectivity index (χ2v) is 6.06. The normalized spacial score (nSPS) is 15.8. The van der Waals surface area contributed by atoms with Gasteiger partial charge >= 0.3 is 5.97 Å². The summed E-state index contributed by atoms with van der Waals surface area (Å²) in [7, 11) is 0. The molecule has 0 amide bonds. The molecule has 7 heteroatoms. The van der Waals surface area contributed by atoms with Crippen LogP contribution in [0.3, 0.4) is 0 Å². The summed E-state index contributed by atoms with van der Waals surface area (Å²) in [5.41, 5.74) is 3.57. The van der Waals surface area contributed by atoms with Crippen LogP contribution in [0.4, 0.5) is 0 Å². The van der Waals surface area contributed by atoms with E-state index in [1.54, 1.807) is 12.4 Å². The minimum atomic E-state index is -0.930. The largest absolute Gasteiger partial charge is 0.487 e. The lowest BCUT2D eigenvalue weighted by atomic mass is 10.0. The number of pyridine rings is 1. The zero-order chi connectivity index (χ0) is 17.9. The van der Waals surface area contributed by atoms with Crippen molar-refractivity contribution < 1.29 is 19.4 Å². The van der Waals surface area contributed by atoms with Gasteiger partial charge in [0.25, 0.3) is 0 Å². The standard InChI is InChI=1S/C19H17N3O4/c23-19(24)17-6-3-13-2-1-12(9-18(13)26-17)11-25-14-4-5-15(20-10-14)16-7-8-21-22-16/h1-2,4-5,7-10,17H,3,6,11H2,(H,21,22)(H,23,24). The fourth-order valence-corrected chi connectivity index (χ4v) is 2.87. The predicted molar refractivity (Wildman–Crippen MR) is 93.0 cm³/mol. The van der Waals surface area contributed by atoms with Gasteiger partial charge in [-0.2, -0.15) is 5.10 Å². The first-order chi connectivity index (χ1) is 12.7. The van der Waals surface area contributed by atoms with Crippen molar-refractivity contribution in [1.82, 2.24) is 15.2 Å². The van der Waals surface area contributed by atoms with Crippen molar-refractivity contribution in [2.24, 2.45) is 0 Å². The van der Waals surface area contributed by atoms with E-state index in [0.717, 1.165) is 22.5 Å². The number of carbonyl (C=O) groups is 1. The molecule has 0 fully saturated rings. The van der Waals surface area contributed by atoms with E-state index >= 15 is 0 Å². The van der Waals surface area contributed by atoms with Crippen LogP contribution < -0.4 is 9.47 Å². The van der Waals surface area contributed by atoms with Crippen molar-refractivity contribution in [2.75, 3.05) is 0 Å². The summed E-state index contributed by atoms with van der Waals surface area (Å²) in [5.74, 6) is 0.341. The molecule has 4 rings (SSSR count). The van der Waals surface area contributed by atoms with Gasteiger partial charge in [-0.25, -0.2) is 4.79 Å². The van der Waals surface area contributed by atoms with Crippen LogP contribution in [0.5, 0.6) is 11.5 Å². The van der Waals surface area contributed by atoms with Crippen LogP contribution in [-0.2, 0) is 17.8 Å². The molecule has 26 heavy (non-hydrogen) atoms. The van der Waals surface area contributed by atoms with Gasteiger partial charge in [-0.1, -0.05) is 12.1 Å². The van der Waals surface area contributed by atoms with Crippen LogP contribution >= 0.6 is 0 Å². The first-order valence-corrected chi connectivity index (χ1v) is 8.29. The minimum absolute atomic E-state index is 0.347. The molecule has 2 N–H and O–H groups in total. The van der Waals surface area contributed by atoms with Crippen LogP contribution in [0.2, 0.25) is 0 Å². The Morgan fingerprint density at radius 3 is 2.96 bits per heavy atom. The van der Waals surface area contributed by atoms with Gasteiger partial charge in [0.05, 0.1) is 17.6 Å². The van der Waals surface area contributed by atoms with Gasteiger partial charge in [-0.05, 0) is 48.2 Å². The van der Waals surface area contributed by atoms with E-state index in [1.165, 1.54) is 0 Å². The van der Waals surface area contributed by atoms with E-state index in [-0.39, 0.29) is 0 Å². The van der Waals surface area contributed by atoms with Gasteiger partial charge in [0.15, 0.2) is 6.10 Å². The Morgan fingerprint density at radius 1 is 1.31 bits per heavy atom. The zero-order valence-corrected chi connectivity index (χ0v) is 13.9.